The van der Waals surface area contributed by atoms with E-state index in [1.165, 1.54) is 6.92 Å². The molecule has 0 spiro atoms. The van der Waals surface area contributed by atoms with E-state index in [9.17, 15) is 48.3 Å². The first-order valence-corrected chi connectivity index (χ1v) is 25.4. The van der Waals surface area contributed by atoms with Crippen LogP contribution in [0, 0.1) is 23.7 Å². The Labute approximate surface area is 433 Å². The number of hydrogen-bond donors (Lipinski definition) is 14. The van der Waals surface area contributed by atoms with Gasteiger partial charge in [-0.15, -0.1) is 0 Å². The number of thiol groups is 1. The zero-order valence-electron chi connectivity index (χ0n) is 43.6. The minimum absolute atomic E-state index is 0.00281. The lowest BCUT2D eigenvalue weighted by Crippen LogP contribution is -2.59. The molecule has 2 rings (SSSR count). The molecule has 0 unspecified atom stereocenters. The third kappa shape index (κ3) is 22.9. The molecule has 0 aliphatic heterocycles. The first-order chi connectivity index (χ1) is 34.2. The van der Waals surface area contributed by atoms with Crippen LogP contribution < -0.4 is 59.7 Å². The van der Waals surface area contributed by atoms with Gasteiger partial charge < -0.3 is 69.8 Å². The van der Waals surface area contributed by atoms with Crippen LogP contribution in [0.25, 0.3) is 10.9 Å². The molecule has 16 N–H and O–H groups in total. The highest BCUT2D eigenvalue weighted by atomic mass is 32.1. The third-order valence-electron chi connectivity index (χ3n) is 11.4. The Morgan fingerprint density at radius 2 is 1.07 bits per heavy atom. The molecule has 0 aliphatic carbocycles. The van der Waals surface area contributed by atoms with Crippen LogP contribution in [0.15, 0.2) is 35.5 Å². The number of nitrogens with two attached hydrogens (primary N) is 3. The van der Waals surface area contributed by atoms with Crippen LogP contribution in [0.2, 0.25) is 0 Å². The van der Waals surface area contributed by atoms with Crippen LogP contribution in [0.3, 0.4) is 0 Å². The second kappa shape index (κ2) is 31.2. The second-order valence-electron chi connectivity index (χ2n) is 20.0. The summed E-state index contributed by atoms with van der Waals surface area (Å²) in [6.07, 6.45) is 2.61. The minimum Gasteiger partial charge on any atom is -0.480 e. The summed E-state index contributed by atoms with van der Waals surface area (Å²) in [6, 6.07) is -1.96. The molecule has 23 nitrogen and oxygen atoms in total. The molecule has 1 aromatic carbocycles. The van der Waals surface area contributed by atoms with Gasteiger partial charge in [0, 0.05) is 35.8 Å². The zero-order chi connectivity index (χ0) is 55.1. The van der Waals surface area contributed by atoms with E-state index >= 15 is 0 Å². The number of nitrogens with one attached hydrogen (secondary N) is 9. The summed E-state index contributed by atoms with van der Waals surface area (Å²) in [4.78, 5) is 128. The minimum atomic E-state index is -1.28. The number of aliphatic carboxylic acids is 1. The van der Waals surface area contributed by atoms with Crippen LogP contribution in [-0.4, -0.2) is 136 Å². The lowest BCUT2D eigenvalue weighted by Gasteiger charge is -2.28. The highest BCUT2D eigenvalue weighted by Crippen LogP contribution is 2.20. The van der Waals surface area contributed by atoms with Crippen molar-refractivity contribution in [2.75, 3.05) is 18.8 Å². The number of fused-ring (bicyclic) bond motifs is 1. The molecule has 0 fully saturated rings. The monoisotopic (exact) mass is 1040 g/mol. The molecule has 8 atom stereocenters. The van der Waals surface area contributed by atoms with E-state index < -0.39 is 108 Å². The van der Waals surface area contributed by atoms with Crippen molar-refractivity contribution in [3.63, 3.8) is 0 Å². The number of carboxylic acid groups (broad SMARTS) is 1. The third-order valence-corrected chi connectivity index (χ3v) is 11.8. The Morgan fingerprint density at radius 3 is 1.59 bits per heavy atom. The van der Waals surface area contributed by atoms with Crippen LogP contribution >= 0.6 is 12.6 Å². The van der Waals surface area contributed by atoms with Crippen molar-refractivity contribution in [3.8, 4) is 0 Å². The van der Waals surface area contributed by atoms with Gasteiger partial charge in [0.25, 0.3) is 0 Å². The van der Waals surface area contributed by atoms with Crippen molar-refractivity contribution in [1.29, 1.82) is 0 Å². The summed E-state index contributed by atoms with van der Waals surface area (Å²) >= 11 is 4.08. The number of amides is 8. The number of aromatic amines is 1. The standard InChI is InChI=1S/C49H81N13O10S/c1-25(2)17-35(46(69)60-37(19-27(5)6)47(70)59-36(18-26(3)4)45(68)56-29(9)41(64)62-39(48(71)72)20-28(7)8)57-40(63)23-55-43(66)38(21-30-22-54-33-14-11-10-13-31(30)33)61-44(67)34(15-12-16-53-49(51)52)58-42(65)32(50)24-73/h10-11,13-14,22,25-29,32,34-39,54,73H,12,15-21,23-24,50H2,1-9H3,(H,55,66)(H,56,68)(H,57,63)(H,58,65)(H,59,70)(H,60,69)(H,61,67)(H,62,64)(H,71,72)(H4,51,52,53)/t29-,32-,34-,35-,36-,37-,38-,39-/m0/s1. The Kier molecular flexibility index (Phi) is 26.8. The van der Waals surface area contributed by atoms with Crippen molar-refractivity contribution in [3.05, 3.63) is 36.0 Å². The molecule has 0 bridgehead atoms. The number of carboxylic acids is 1. The average molecular weight is 1040 g/mol. The van der Waals surface area contributed by atoms with Gasteiger partial charge in [-0.05, 0) is 80.8 Å². The molecular weight excluding hydrogens is 963 g/mol. The molecule has 8 amide bonds. The maximum Gasteiger partial charge on any atom is 0.326 e. The maximum absolute atomic E-state index is 14.0. The predicted molar refractivity (Wildman–Crippen MR) is 281 cm³/mol. The molecule has 408 valence electrons. The Morgan fingerprint density at radius 1 is 0.603 bits per heavy atom. The van der Waals surface area contributed by atoms with Crippen LogP contribution in [-0.2, 0) is 49.6 Å². The fourth-order valence-electron chi connectivity index (χ4n) is 7.69. The van der Waals surface area contributed by atoms with Crippen LogP contribution in [0.5, 0.6) is 0 Å². The van der Waals surface area contributed by atoms with Crippen molar-refractivity contribution < 1.29 is 48.3 Å². The summed E-state index contributed by atoms with van der Waals surface area (Å²) in [7, 11) is 0. The smallest absolute Gasteiger partial charge is 0.326 e. The SMILES string of the molecule is CC(C)C[C@H](NC(=O)[C@H](C)NC(=O)[C@H](CC(C)C)NC(=O)[C@H](CC(C)C)NC(=O)[C@H](CC(C)C)NC(=O)CNC(=O)[C@H](Cc1c[nH]c2ccccc12)NC(=O)[C@H](CCCN=C(N)N)NC(=O)[C@@H](N)CS)C(=O)O. The van der Waals surface area contributed by atoms with Crippen molar-refractivity contribution in [1.82, 2.24) is 47.5 Å². The molecule has 1 aromatic heterocycles. The fraction of sp³-hybridized carbons (Fsp3) is 0.633. The number of rotatable bonds is 32. The van der Waals surface area contributed by atoms with Gasteiger partial charge in [-0.1, -0.05) is 73.6 Å². The lowest BCUT2D eigenvalue weighted by molar-refractivity contribution is -0.142. The Balaban J connectivity index is 2.31. The van der Waals surface area contributed by atoms with Gasteiger partial charge in [0.2, 0.25) is 47.3 Å². The zero-order valence-corrected chi connectivity index (χ0v) is 44.5. The molecule has 0 aliphatic rings. The Hall–Kier alpha value is -6.43. The molecule has 2 aromatic rings. The van der Waals surface area contributed by atoms with Gasteiger partial charge in [-0.2, -0.15) is 12.6 Å². The number of guanidine groups is 1. The number of benzene rings is 1. The van der Waals surface area contributed by atoms with E-state index in [-0.39, 0.29) is 86.9 Å². The summed E-state index contributed by atoms with van der Waals surface area (Å²) in [5, 5.41) is 31.5. The van der Waals surface area contributed by atoms with Crippen molar-refractivity contribution >= 4 is 82.7 Å². The maximum atomic E-state index is 14.0. The van der Waals surface area contributed by atoms with E-state index in [4.69, 9.17) is 17.2 Å². The van der Waals surface area contributed by atoms with E-state index in [1.54, 1.807) is 6.20 Å². The summed E-state index contributed by atoms with van der Waals surface area (Å²) in [5.41, 5.74) is 18.2. The fourth-order valence-corrected chi connectivity index (χ4v) is 7.86. The van der Waals surface area contributed by atoms with Gasteiger partial charge >= 0.3 is 5.97 Å². The van der Waals surface area contributed by atoms with E-state index in [0.29, 0.717) is 5.56 Å². The number of hydrogen-bond acceptors (Lipinski definition) is 12. The molecule has 0 saturated heterocycles. The molecule has 0 saturated carbocycles. The summed E-state index contributed by atoms with van der Waals surface area (Å²) < 4.78 is 0. The van der Waals surface area contributed by atoms with E-state index in [2.05, 4.69) is 65.1 Å². The van der Waals surface area contributed by atoms with E-state index in [1.807, 2.05) is 79.7 Å². The van der Waals surface area contributed by atoms with Gasteiger partial charge in [0.05, 0.1) is 12.6 Å². The number of para-hydroxylation sites is 1. The largest absolute Gasteiger partial charge is 0.480 e. The lowest BCUT2D eigenvalue weighted by atomic mass is 9.98. The van der Waals surface area contributed by atoms with Crippen LogP contribution in [0.4, 0.5) is 0 Å². The summed E-state index contributed by atoms with van der Waals surface area (Å²) in [6.45, 7) is 15.6. The second-order valence-corrected chi connectivity index (χ2v) is 20.4. The number of carbonyl (C=O) groups is 9. The topological polar surface area (TPSA) is 376 Å². The normalized spacial score (nSPS) is 14.7. The highest BCUT2D eigenvalue weighted by molar-refractivity contribution is 7.80. The van der Waals surface area contributed by atoms with Crippen molar-refractivity contribution in [2.45, 2.75) is 156 Å². The van der Waals surface area contributed by atoms with Gasteiger partial charge in [0.15, 0.2) is 5.96 Å². The number of H-pyrrole nitrogens is 1. The molecule has 73 heavy (non-hydrogen) atoms. The molecule has 1 heterocycles. The quantitative estimate of drug-likeness (QED) is 0.0196. The van der Waals surface area contributed by atoms with Gasteiger partial charge in [0.1, 0.15) is 42.3 Å². The number of nitrogens with zero attached hydrogens (tertiary/aromatic N) is 1. The number of aromatic nitrogens is 1. The number of aliphatic imine (C=N–C) groups is 1. The van der Waals surface area contributed by atoms with Gasteiger partial charge in [-0.3, -0.25) is 43.3 Å². The van der Waals surface area contributed by atoms with Gasteiger partial charge in [-0.25, -0.2) is 4.79 Å². The highest BCUT2D eigenvalue weighted by Gasteiger charge is 2.34. The van der Waals surface area contributed by atoms with E-state index in [0.717, 1.165) is 10.9 Å². The molecule has 24 heteroatoms. The molecule has 0 radical (unpaired) electrons. The van der Waals surface area contributed by atoms with Crippen LogP contribution in [0.1, 0.15) is 106 Å². The molecular formula is C49H81N13O10S. The predicted octanol–water partition coefficient (Wildman–Crippen LogP) is -0.180. The first kappa shape index (κ1) is 62.7. The Bertz CT molecular complexity index is 2210. The number of carbonyl (C=O) groups excluding carboxylic acids is 8. The first-order valence-electron chi connectivity index (χ1n) is 24.8. The summed E-state index contributed by atoms with van der Waals surface area (Å²) in [5.74, 6) is -7.44. The van der Waals surface area contributed by atoms with Crippen molar-refractivity contribution in [2.24, 2.45) is 45.9 Å². The average Bonchev–Trinajstić information content (AvgIpc) is 3.71.